The average molecular weight is 651 g/mol. The number of rotatable bonds is 4. The van der Waals surface area contributed by atoms with Crippen LogP contribution in [0.5, 0.6) is 0 Å². The standard InChI is InChI=1S/C48H30N2O/c1-2-11-35(12-3-1)49-41-16-7-4-13-36(41)38-27-25-34(30-45(38)49)32-23-21-31(22-24-32)33-26-28-43-40(29-33)37-14-5-8-17-42(37)50(43)44-18-10-20-47-48(44)39-15-6-9-19-46(39)51-47/h1-30H. The predicted octanol–water partition coefficient (Wildman–Crippen LogP) is 13.1. The van der Waals surface area contributed by atoms with Crippen LogP contribution >= 0.6 is 0 Å². The smallest absolute Gasteiger partial charge is 0.137 e. The Hall–Kier alpha value is -6.84. The minimum atomic E-state index is 0.900. The van der Waals surface area contributed by atoms with E-state index in [1.165, 1.54) is 71.6 Å². The van der Waals surface area contributed by atoms with Crippen molar-refractivity contribution in [2.75, 3.05) is 0 Å². The molecule has 8 aromatic carbocycles. The topological polar surface area (TPSA) is 23.0 Å². The summed E-state index contributed by atoms with van der Waals surface area (Å²) < 4.78 is 11.1. The minimum absolute atomic E-state index is 0.900. The van der Waals surface area contributed by atoms with Gasteiger partial charge in [-0.1, -0.05) is 121 Å². The van der Waals surface area contributed by atoms with E-state index in [1.54, 1.807) is 0 Å². The Bertz CT molecular complexity index is 3120. The van der Waals surface area contributed by atoms with Crippen LogP contribution in [0.25, 0.3) is 99.2 Å². The van der Waals surface area contributed by atoms with Crippen LogP contribution in [0, 0.1) is 0 Å². The first-order valence-electron chi connectivity index (χ1n) is 17.4. The molecule has 0 amide bonds. The van der Waals surface area contributed by atoms with Crippen LogP contribution in [-0.2, 0) is 0 Å². The molecule has 0 spiro atoms. The van der Waals surface area contributed by atoms with Gasteiger partial charge in [-0.05, 0) is 82.9 Å². The number of fused-ring (bicyclic) bond motifs is 9. The second-order valence-corrected chi connectivity index (χ2v) is 13.3. The molecule has 0 atom stereocenters. The molecule has 3 nitrogen and oxygen atoms in total. The van der Waals surface area contributed by atoms with E-state index in [9.17, 15) is 0 Å². The fourth-order valence-electron chi connectivity index (χ4n) is 8.21. The van der Waals surface area contributed by atoms with Crippen molar-refractivity contribution in [1.29, 1.82) is 0 Å². The maximum atomic E-state index is 6.28. The highest BCUT2D eigenvalue weighted by Crippen LogP contribution is 2.40. The van der Waals surface area contributed by atoms with Crippen LogP contribution in [0.2, 0.25) is 0 Å². The van der Waals surface area contributed by atoms with Crippen molar-refractivity contribution in [3.05, 3.63) is 182 Å². The summed E-state index contributed by atoms with van der Waals surface area (Å²) in [6, 6.07) is 65.5. The summed E-state index contributed by atoms with van der Waals surface area (Å²) >= 11 is 0. The third kappa shape index (κ3) is 4.19. The molecule has 3 aromatic heterocycles. The van der Waals surface area contributed by atoms with E-state index >= 15 is 0 Å². The fourth-order valence-corrected chi connectivity index (χ4v) is 8.21. The maximum absolute atomic E-state index is 6.28. The maximum Gasteiger partial charge on any atom is 0.137 e. The Kier molecular flexibility index (Phi) is 5.96. The molecular formula is C48H30N2O. The van der Waals surface area contributed by atoms with Gasteiger partial charge in [0.2, 0.25) is 0 Å². The number of nitrogens with zero attached hydrogens (tertiary/aromatic N) is 2. The molecule has 0 bridgehead atoms. The lowest BCUT2D eigenvalue weighted by atomic mass is 9.98. The van der Waals surface area contributed by atoms with E-state index in [0.29, 0.717) is 0 Å². The number of benzene rings is 8. The summed E-state index contributed by atoms with van der Waals surface area (Å²) in [6.45, 7) is 0. The zero-order valence-electron chi connectivity index (χ0n) is 27.6. The SMILES string of the molecule is c1ccc(-n2c3ccccc3c3ccc(-c4ccc(-c5ccc6c(c5)c5ccccc5n6-c5cccc6oc7ccccc7c56)cc4)cc32)cc1. The highest BCUT2D eigenvalue weighted by Gasteiger charge is 2.18. The van der Waals surface area contributed by atoms with Crippen molar-refractivity contribution in [3.63, 3.8) is 0 Å². The van der Waals surface area contributed by atoms with Crippen molar-refractivity contribution < 1.29 is 4.42 Å². The Balaban J connectivity index is 1.03. The van der Waals surface area contributed by atoms with Crippen molar-refractivity contribution in [1.82, 2.24) is 9.13 Å². The van der Waals surface area contributed by atoms with Gasteiger partial charge in [-0.25, -0.2) is 0 Å². The van der Waals surface area contributed by atoms with Crippen LogP contribution in [0.4, 0.5) is 0 Å². The van der Waals surface area contributed by atoms with Gasteiger partial charge < -0.3 is 13.6 Å². The normalized spacial score (nSPS) is 11.9. The van der Waals surface area contributed by atoms with Gasteiger partial charge in [-0.2, -0.15) is 0 Å². The Morgan fingerprint density at radius 1 is 0.314 bits per heavy atom. The van der Waals surface area contributed by atoms with Crippen molar-refractivity contribution in [2.45, 2.75) is 0 Å². The molecule has 0 N–H and O–H groups in total. The Morgan fingerprint density at radius 2 is 0.863 bits per heavy atom. The van der Waals surface area contributed by atoms with Crippen LogP contribution in [-0.4, -0.2) is 9.13 Å². The Morgan fingerprint density at radius 3 is 1.65 bits per heavy atom. The lowest BCUT2D eigenvalue weighted by molar-refractivity contribution is 0.669. The largest absolute Gasteiger partial charge is 0.456 e. The number of hydrogen-bond donors (Lipinski definition) is 0. The van der Waals surface area contributed by atoms with Gasteiger partial charge in [0.25, 0.3) is 0 Å². The molecule has 0 aliphatic heterocycles. The van der Waals surface area contributed by atoms with Crippen LogP contribution < -0.4 is 0 Å². The van der Waals surface area contributed by atoms with E-state index in [0.717, 1.165) is 27.6 Å². The Labute approximate surface area is 293 Å². The minimum Gasteiger partial charge on any atom is -0.456 e. The lowest BCUT2D eigenvalue weighted by Gasteiger charge is -2.10. The molecule has 11 rings (SSSR count). The van der Waals surface area contributed by atoms with Gasteiger partial charge in [-0.3, -0.25) is 0 Å². The summed E-state index contributed by atoms with van der Waals surface area (Å²) in [4.78, 5) is 0. The van der Waals surface area contributed by atoms with Gasteiger partial charge >= 0.3 is 0 Å². The number of furan rings is 1. The molecule has 0 saturated carbocycles. The molecule has 51 heavy (non-hydrogen) atoms. The predicted molar refractivity (Wildman–Crippen MR) is 213 cm³/mol. The van der Waals surface area contributed by atoms with E-state index in [4.69, 9.17) is 4.42 Å². The van der Waals surface area contributed by atoms with Crippen LogP contribution in [0.3, 0.4) is 0 Å². The first kappa shape index (κ1) is 28.0. The van der Waals surface area contributed by atoms with Crippen LogP contribution in [0.15, 0.2) is 186 Å². The summed E-state index contributed by atoms with van der Waals surface area (Å²) in [5, 5.41) is 7.27. The fraction of sp³-hybridized carbons (Fsp3) is 0. The summed E-state index contributed by atoms with van der Waals surface area (Å²) in [6.07, 6.45) is 0. The van der Waals surface area contributed by atoms with Gasteiger partial charge in [0.15, 0.2) is 0 Å². The van der Waals surface area contributed by atoms with Gasteiger partial charge in [-0.15, -0.1) is 0 Å². The van der Waals surface area contributed by atoms with Crippen LogP contribution in [0.1, 0.15) is 0 Å². The van der Waals surface area contributed by atoms with E-state index in [2.05, 4.69) is 179 Å². The molecule has 0 saturated heterocycles. The molecule has 0 radical (unpaired) electrons. The molecule has 0 aliphatic carbocycles. The van der Waals surface area contributed by atoms with Gasteiger partial charge in [0, 0.05) is 32.6 Å². The van der Waals surface area contributed by atoms with E-state index in [-0.39, 0.29) is 0 Å². The molecule has 3 heteroatoms. The van der Waals surface area contributed by atoms with Gasteiger partial charge in [0.1, 0.15) is 11.2 Å². The molecule has 11 aromatic rings. The molecule has 238 valence electrons. The molecule has 0 fully saturated rings. The number of aromatic nitrogens is 2. The zero-order chi connectivity index (χ0) is 33.5. The van der Waals surface area contributed by atoms with Crippen molar-refractivity contribution >= 4 is 65.6 Å². The highest BCUT2D eigenvalue weighted by molar-refractivity contribution is 6.15. The van der Waals surface area contributed by atoms with Gasteiger partial charge in [0.05, 0.1) is 33.1 Å². The molecular weight excluding hydrogens is 621 g/mol. The first-order chi connectivity index (χ1) is 25.3. The first-order valence-corrected chi connectivity index (χ1v) is 17.4. The second-order valence-electron chi connectivity index (χ2n) is 13.3. The summed E-state index contributed by atoms with van der Waals surface area (Å²) in [7, 11) is 0. The highest BCUT2D eigenvalue weighted by atomic mass is 16.3. The zero-order valence-corrected chi connectivity index (χ0v) is 27.6. The van der Waals surface area contributed by atoms with Crippen molar-refractivity contribution in [2.24, 2.45) is 0 Å². The number of hydrogen-bond acceptors (Lipinski definition) is 1. The van der Waals surface area contributed by atoms with Crippen molar-refractivity contribution in [3.8, 4) is 33.6 Å². The third-order valence-corrected chi connectivity index (χ3v) is 10.5. The summed E-state index contributed by atoms with van der Waals surface area (Å²) in [5.74, 6) is 0. The quantitative estimate of drug-likeness (QED) is 0.186. The lowest BCUT2D eigenvalue weighted by Crippen LogP contribution is -1.94. The van der Waals surface area contributed by atoms with E-state index in [1.807, 2.05) is 12.1 Å². The number of para-hydroxylation sites is 4. The second kappa shape index (κ2) is 10.8. The average Bonchev–Trinajstić information content (AvgIpc) is 3.85. The van der Waals surface area contributed by atoms with E-state index < -0.39 is 0 Å². The molecule has 0 aliphatic rings. The summed E-state index contributed by atoms with van der Waals surface area (Å²) in [5.41, 5.74) is 13.7. The monoisotopic (exact) mass is 650 g/mol. The molecule has 0 unspecified atom stereocenters. The third-order valence-electron chi connectivity index (χ3n) is 10.5. The molecule has 3 heterocycles.